The maximum absolute atomic E-state index is 13.3. The number of amides is 3. The topological polar surface area (TPSA) is 171 Å². The summed E-state index contributed by atoms with van der Waals surface area (Å²) >= 11 is 4.00. The molecule has 11 nitrogen and oxygen atoms in total. The van der Waals surface area contributed by atoms with Crippen LogP contribution in [0.25, 0.3) is 0 Å². The number of hydrogen-bond acceptors (Lipinski definition) is 9. The smallest absolute Gasteiger partial charge is 0.304 e. The number of carbonyl (C=O) groups excluding carboxylic acids is 3. The monoisotopic (exact) mass is 625 g/mol. The molecule has 0 saturated carbocycles. The molecule has 0 bridgehead atoms. The van der Waals surface area contributed by atoms with Gasteiger partial charge in [-0.15, -0.1) is 0 Å². The second-order valence-electron chi connectivity index (χ2n) is 11.7. The van der Waals surface area contributed by atoms with Crippen LogP contribution in [-0.4, -0.2) is 85.5 Å². The zero-order chi connectivity index (χ0) is 31.3. The van der Waals surface area contributed by atoms with E-state index in [1.165, 1.54) is 10.8 Å². The molecule has 0 saturated heterocycles. The lowest BCUT2D eigenvalue weighted by atomic mass is 9.99. The predicted molar refractivity (Wildman–Crippen MR) is 163 cm³/mol. The van der Waals surface area contributed by atoms with Crippen molar-refractivity contribution < 1.29 is 38.9 Å². The number of carboxylic acids is 2. The van der Waals surface area contributed by atoms with E-state index in [-0.39, 0.29) is 29.9 Å². The van der Waals surface area contributed by atoms with E-state index < -0.39 is 64.6 Å². The second-order valence-corrected chi connectivity index (χ2v) is 15.5. The quantitative estimate of drug-likeness (QED) is 0.0925. The Morgan fingerprint density at radius 1 is 0.850 bits per heavy atom. The minimum atomic E-state index is -1.19. The molecule has 0 aliphatic carbocycles. The van der Waals surface area contributed by atoms with Crippen LogP contribution in [0.1, 0.15) is 87.5 Å². The van der Waals surface area contributed by atoms with E-state index in [0.717, 1.165) is 0 Å². The molecular weight excluding hydrogens is 579 g/mol. The first-order valence-electron chi connectivity index (χ1n) is 13.2. The van der Waals surface area contributed by atoms with E-state index >= 15 is 0 Å². The minimum Gasteiger partial charge on any atom is -0.481 e. The van der Waals surface area contributed by atoms with Crippen molar-refractivity contribution in [3.8, 4) is 0 Å². The Morgan fingerprint density at radius 3 is 1.93 bits per heavy atom. The highest BCUT2D eigenvalue weighted by Crippen LogP contribution is 2.35. The summed E-state index contributed by atoms with van der Waals surface area (Å²) in [5, 5.41) is 24.9. The van der Waals surface area contributed by atoms with Crippen LogP contribution in [0.3, 0.4) is 0 Å². The average molecular weight is 626 g/mol. The second kappa shape index (κ2) is 17.3. The van der Waals surface area contributed by atoms with Crippen molar-refractivity contribution in [2.45, 2.75) is 121 Å². The van der Waals surface area contributed by atoms with Gasteiger partial charge < -0.3 is 30.9 Å². The number of aliphatic carboxylic acids is 2. The van der Waals surface area contributed by atoms with Gasteiger partial charge in [0.15, 0.2) is 0 Å². The van der Waals surface area contributed by atoms with Crippen molar-refractivity contribution in [3.63, 3.8) is 0 Å². The summed E-state index contributed by atoms with van der Waals surface area (Å²) in [6.07, 6.45) is 0.524. The fourth-order valence-corrected chi connectivity index (χ4v) is 5.85. The molecule has 0 aromatic carbocycles. The van der Waals surface area contributed by atoms with Crippen molar-refractivity contribution in [3.05, 3.63) is 0 Å². The van der Waals surface area contributed by atoms with Gasteiger partial charge >= 0.3 is 11.9 Å². The van der Waals surface area contributed by atoms with Crippen LogP contribution in [0.15, 0.2) is 0 Å². The molecule has 0 rings (SSSR count). The largest absolute Gasteiger partial charge is 0.481 e. The molecule has 14 heteroatoms. The summed E-state index contributed by atoms with van der Waals surface area (Å²) in [4.78, 5) is 60.5. The van der Waals surface area contributed by atoms with Gasteiger partial charge in [0.25, 0.3) is 0 Å². The Kier molecular flexibility index (Phi) is 16.6. The lowest BCUT2D eigenvalue weighted by Gasteiger charge is -2.32. The molecule has 0 heterocycles. The molecule has 0 radical (unpaired) electrons. The van der Waals surface area contributed by atoms with Gasteiger partial charge in [0.05, 0.1) is 17.3 Å². The molecule has 3 atom stereocenters. The summed E-state index contributed by atoms with van der Waals surface area (Å²) in [6, 6.07) is -1.88. The third kappa shape index (κ3) is 17.9. The summed E-state index contributed by atoms with van der Waals surface area (Å²) in [5.41, 5.74) is -1.33. The standard InChI is InChI=1S/C26H47N3O8S3/c1-9-16(27-23(36)18(38)14-20(32)33)21(34)28-17(15-39-40-24(2,3)4)22(35)29-25(5,6)12-13-37-26(7,8)11-10-19(30)31/h16-18,38H,9-15H2,1-8H3,(H,27,36)(H,28,34)(H,29,35)(H,30,31)(H,32,33)/t16-,17-,18?/m0/s1. The fourth-order valence-electron chi connectivity index (χ4n) is 3.16. The maximum Gasteiger partial charge on any atom is 0.304 e. The Morgan fingerprint density at radius 2 is 1.43 bits per heavy atom. The van der Waals surface area contributed by atoms with Crippen LogP contribution in [0.4, 0.5) is 0 Å². The van der Waals surface area contributed by atoms with Crippen LogP contribution in [0.5, 0.6) is 0 Å². The first-order valence-corrected chi connectivity index (χ1v) is 16.0. The van der Waals surface area contributed by atoms with Gasteiger partial charge in [-0.25, -0.2) is 0 Å². The number of rotatable bonds is 19. The molecule has 0 aromatic heterocycles. The molecule has 0 aliphatic heterocycles. The Bertz CT molecular complexity index is 878. The highest BCUT2D eigenvalue weighted by atomic mass is 33.1. The van der Waals surface area contributed by atoms with Crippen molar-refractivity contribution in [1.82, 2.24) is 16.0 Å². The van der Waals surface area contributed by atoms with Crippen molar-refractivity contribution >= 4 is 63.9 Å². The first-order chi connectivity index (χ1) is 18.2. The van der Waals surface area contributed by atoms with Gasteiger partial charge in [-0.05, 0) is 47.0 Å². The highest BCUT2D eigenvalue weighted by molar-refractivity contribution is 8.77. The molecule has 232 valence electrons. The van der Waals surface area contributed by atoms with E-state index in [1.807, 2.05) is 48.5 Å². The normalized spacial score (nSPS) is 14.5. The number of ether oxygens (including phenoxy) is 1. The number of carbonyl (C=O) groups is 5. The molecule has 3 amide bonds. The highest BCUT2D eigenvalue weighted by Gasteiger charge is 2.31. The zero-order valence-electron chi connectivity index (χ0n) is 24.8. The molecule has 0 aromatic rings. The molecule has 0 spiro atoms. The molecule has 0 fully saturated rings. The number of thiol groups is 1. The Labute approximate surface area is 251 Å². The summed E-state index contributed by atoms with van der Waals surface area (Å²) in [7, 11) is 3.01. The molecule has 1 unspecified atom stereocenters. The van der Waals surface area contributed by atoms with Crippen LogP contribution in [0, 0.1) is 0 Å². The summed E-state index contributed by atoms with van der Waals surface area (Å²) < 4.78 is 5.80. The first kappa shape index (κ1) is 38.4. The van der Waals surface area contributed by atoms with Crippen molar-refractivity contribution in [2.24, 2.45) is 0 Å². The molecule has 0 aliphatic rings. The van der Waals surface area contributed by atoms with Gasteiger partial charge in [0, 0.05) is 29.1 Å². The molecule has 5 N–H and O–H groups in total. The SMILES string of the molecule is CC[C@H](NC(=O)C(S)CC(=O)O)C(=O)N[C@@H](CSSC(C)(C)C)C(=O)NC(C)(C)CCOC(C)(C)CCC(=O)O. The van der Waals surface area contributed by atoms with E-state index in [4.69, 9.17) is 14.9 Å². The summed E-state index contributed by atoms with van der Waals surface area (Å²) in [5.74, 6) is -3.45. The lowest BCUT2D eigenvalue weighted by molar-refractivity contribution is -0.139. The van der Waals surface area contributed by atoms with Crippen LogP contribution >= 0.6 is 34.2 Å². The van der Waals surface area contributed by atoms with Gasteiger partial charge in [0.1, 0.15) is 12.1 Å². The minimum absolute atomic E-state index is 0.00777. The van der Waals surface area contributed by atoms with Gasteiger partial charge in [-0.1, -0.05) is 49.3 Å². The zero-order valence-corrected chi connectivity index (χ0v) is 27.3. The Hall–Kier alpha value is -1.64. The van der Waals surface area contributed by atoms with E-state index in [2.05, 4.69) is 28.6 Å². The molecule has 40 heavy (non-hydrogen) atoms. The van der Waals surface area contributed by atoms with E-state index in [1.54, 1.807) is 17.7 Å². The van der Waals surface area contributed by atoms with Crippen LogP contribution < -0.4 is 16.0 Å². The van der Waals surface area contributed by atoms with Gasteiger partial charge in [0.2, 0.25) is 17.7 Å². The summed E-state index contributed by atoms with van der Waals surface area (Å²) in [6.45, 7) is 15.4. The van der Waals surface area contributed by atoms with Crippen molar-refractivity contribution in [1.29, 1.82) is 0 Å². The van der Waals surface area contributed by atoms with Gasteiger partial charge in [-0.3, -0.25) is 24.0 Å². The average Bonchev–Trinajstić information content (AvgIpc) is 2.78. The third-order valence-corrected chi connectivity index (χ3v) is 9.28. The van der Waals surface area contributed by atoms with Crippen LogP contribution in [-0.2, 0) is 28.7 Å². The van der Waals surface area contributed by atoms with E-state index in [9.17, 15) is 24.0 Å². The number of carboxylic acid groups (broad SMARTS) is 2. The van der Waals surface area contributed by atoms with Crippen molar-refractivity contribution in [2.75, 3.05) is 12.4 Å². The maximum atomic E-state index is 13.3. The third-order valence-electron chi connectivity index (χ3n) is 5.51. The fraction of sp³-hybridized carbons (Fsp3) is 0.808. The molecular formula is C26H47N3O8S3. The predicted octanol–water partition coefficient (Wildman–Crippen LogP) is 3.26. The Balaban J connectivity index is 5.37. The number of hydrogen-bond donors (Lipinski definition) is 6. The lowest BCUT2D eigenvalue weighted by Crippen LogP contribution is -2.58. The van der Waals surface area contributed by atoms with Gasteiger partial charge in [-0.2, -0.15) is 12.6 Å². The van der Waals surface area contributed by atoms with E-state index in [0.29, 0.717) is 12.8 Å². The number of nitrogens with one attached hydrogen (secondary N) is 3. The van der Waals surface area contributed by atoms with Crippen LogP contribution in [0.2, 0.25) is 0 Å².